The summed E-state index contributed by atoms with van der Waals surface area (Å²) in [5.74, 6) is -1.53. The number of ether oxygens (including phenoxy) is 1. The van der Waals surface area contributed by atoms with Crippen LogP contribution in [0.4, 0.5) is 4.39 Å². The maximum atomic E-state index is 12.8. The lowest BCUT2D eigenvalue weighted by molar-refractivity contribution is 0.0368. The van der Waals surface area contributed by atoms with E-state index in [9.17, 15) is 9.18 Å². The Kier molecular flexibility index (Phi) is 2.51. The SMILES string of the molecule is CC(C)OC(=O)c1noc2ncc(F)nc12. The minimum atomic E-state index is -0.811. The average molecular weight is 225 g/mol. The Balaban J connectivity index is 2.44. The number of fused-ring (bicyclic) bond motifs is 1. The number of hydrogen-bond donors (Lipinski definition) is 0. The molecule has 0 saturated carbocycles. The van der Waals surface area contributed by atoms with Gasteiger partial charge in [0.2, 0.25) is 11.6 Å². The summed E-state index contributed by atoms with van der Waals surface area (Å²) in [5.41, 5.74) is -0.210. The zero-order chi connectivity index (χ0) is 11.7. The molecule has 2 aromatic rings. The van der Waals surface area contributed by atoms with Crippen molar-refractivity contribution >= 4 is 17.2 Å². The predicted octanol–water partition coefficient (Wildman–Crippen LogP) is 1.32. The van der Waals surface area contributed by atoms with Crippen molar-refractivity contribution in [3.05, 3.63) is 17.8 Å². The third-order valence-electron chi connectivity index (χ3n) is 1.69. The second-order valence-electron chi connectivity index (χ2n) is 3.33. The van der Waals surface area contributed by atoms with Gasteiger partial charge in [-0.3, -0.25) is 0 Å². The maximum Gasteiger partial charge on any atom is 0.363 e. The van der Waals surface area contributed by atoms with Crippen LogP contribution in [-0.2, 0) is 4.74 Å². The number of carbonyl (C=O) groups excluding carboxylic acids is 1. The van der Waals surface area contributed by atoms with Crippen LogP contribution < -0.4 is 0 Å². The fraction of sp³-hybridized carbons (Fsp3) is 0.333. The van der Waals surface area contributed by atoms with Gasteiger partial charge in [-0.05, 0) is 13.8 Å². The molecular formula is C9H8FN3O3. The molecule has 0 fully saturated rings. The van der Waals surface area contributed by atoms with Crippen LogP contribution in [-0.4, -0.2) is 27.2 Å². The number of halogens is 1. The molecule has 7 heteroatoms. The zero-order valence-corrected chi connectivity index (χ0v) is 8.60. The van der Waals surface area contributed by atoms with Crippen LogP contribution in [0.1, 0.15) is 24.3 Å². The highest BCUT2D eigenvalue weighted by atomic mass is 19.1. The van der Waals surface area contributed by atoms with Crippen molar-refractivity contribution in [1.82, 2.24) is 15.1 Å². The van der Waals surface area contributed by atoms with Crippen LogP contribution in [0.3, 0.4) is 0 Å². The first-order valence-electron chi connectivity index (χ1n) is 4.57. The first-order valence-corrected chi connectivity index (χ1v) is 4.57. The summed E-state index contributed by atoms with van der Waals surface area (Å²) < 4.78 is 22.4. The minimum Gasteiger partial charge on any atom is -0.458 e. The molecule has 6 nitrogen and oxygen atoms in total. The fourth-order valence-corrected chi connectivity index (χ4v) is 1.11. The molecule has 16 heavy (non-hydrogen) atoms. The summed E-state index contributed by atoms with van der Waals surface area (Å²) in [6.45, 7) is 3.37. The highest BCUT2D eigenvalue weighted by Crippen LogP contribution is 2.15. The van der Waals surface area contributed by atoms with Gasteiger partial charge in [-0.15, -0.1) is 0 Å². The average Bonchev–Trinajstić information content (AvgIpc) is 2.59. The van der Waals surface area contributed by atoms with E-state index in [1.165, 1.54) is 0 Å². The second-order valence-corrected chi connectivity index (χ2v) is 3.33. The Morgan fingerprint density at radius 1 is 1.56 bits per heavy atom. The minimum absolute atomic E-state index is 0.00268. The topological polar surface area (TPSA) is 78.1 Å². The van der Waals surface area contributed by atoms with Crippen LogP contribution in [0.2, 0.25) is 0 Å². The Hall–Kier alpha value is -2.05. The van der Waals surface area contributed by atoms with Gasteiger partial charge in [-0.2, -0.15) is 4.39 Å². The number of aromatic nitrogens is 3. The summed E-state index contributed by atoms with van der Waals surface area (Å²) in [7, 11) is 0. The lowest BCUT2D eigenvalue weighted by Gasteiger charge is -2.04. The van der Waals surface area contributed by atoms with Gasteiger partial charge >= 0.3 is 5.97 Å². The number of rotatable bonds is 2. The van der Waals surface area contributed by atoms with Gasteiger partial charge < -0.3 is 9.26 Å². The van der Waals surface area contributed by atoms with E-state index < -0.39 is 11.9 Å². The van der Waals surface area contributed by atoms with Crippen LogP contribution >= 0.6 is 0 Å². The van der Waals surface area contributed by atoms with E-state index in [2.05, 4.69) is 15.1 Å². The summed E-state index contributed by atoms with van der Waals surface area (Å²) in [6.07, 6.45) is 0.575. The van der Waals surface area contributed by atoms with E-state index in [4.69, 9.17) is 9.26 Å². The second kappa shape index (κ2) is 3.84. The zero-order valence-electron chi connectivity index (χ0n) is 8.60. The number of hydrogen-bond acceptors (Lipinski definition) is 6. The molecule has 0 atom stereocenters. The first kappa shape index (κ1) is 10.5. The van der Waals surface area contributed by atoms with Gasteiger partial charge in [0.15, 0.2) is 5.52 Å². The van der Waals surface area contributed by atoms with E-state index in [-0.39, 0.29) is 23.0 Å². The molecule has 0 aromatic carbocycles. The van der Waals surface area contributed by atoms with E-state index in [1.54, 1.807) is 13.8 Å². The largest absolute Gasteiger partial charge is 0.458 e. The standard InChI is InChI=1S/C9H8FN3O3/c1-4(2)15-9(14)7-6-8(16-13-7)11-3-5(10)12-6/h3-4H,1-2H3. The fourth-order valence-electron chi connectivity index (χ4n) is 1.11. The van der Waals surface area contributed by atoms with Crippen LogP contribution in [0.25, 0.3) is 11.2 Å². The summed E-state index contributed by atoms with van der Waals surface area (Å²) >= 11 is 0. The summed E-state index contributed by atoms with van der Waals surface area (Å²) in [4.78, 5) is 18.6. The molecule has 0 N–H and O–H groups in total. The molecule has 0 spiro atoms. The molecule has 0 radical (unpaired) electrons. The number of esters is 1. The summed E-state index contributed by atoms with van der Waals surface area (Å²) in [6, 6.07) is 0. The normalized spacial score (nSPS) is 11.0. The van der Waals surface area contributed by atoms with Crippen molar-refractivity contribution in [1.29, 1.82) is 0 Å². The lowest BCUT2D eigenvalue weighted by atomic mass is 10.3. The van der Waals surface area contributed by atoms with Crippen molar-refractivity contribution in [3.63, 3.8) is 0 Å². The monoisotopic (exact) mass is 225 g/mol. The van der Waals surface area contributed by atoms with E-state index >= 15 is 0 Å². The van der Waals surface area contributed by atoms with Crippen molar-refractivity contribution in [2.75, 3.05) is 0 Å². The van der Waals surface area contributed by atoms with Crippen LogP contribution in [0.5, 0.6) is 0 Å². The molecule has 0 saturated heterocycles. The third-order valence-corrected chi connectivity index (χ3v) is 1.69. The molecule has 0 unspecified atom stereocenters. The molecule has 0 bridgehead atoms. The molecule has 0 amide bonds. The van der Waals surface area contributed by atoms with Crippen LogP contribution in [0, 0.1) is 5.95 Å². The quantitative estimate of drug-likeness (QED) is 0.717. The summed E-state index contributed by atoms with van der Waals surface area (Å²) in [5, 5.41) is 3.45. The van der Waals surface area contributed by atoms with Crippen molar-refractivity contribution < 1.29 is 18.4 Å². The van der Waals surface area contributed by atoms with E-state index in [0.717, 1.165) is 6.20 Å². The van der Waals surface area contributed by atoms with E-state index in [1.807, 2.05) is 0 Å². The van der Waals surface area contributed by atoms with Crippen molar-refractivity contribution in [2.45, 2.75) is 20.0 Å². The molecule has 0 aliphatic heterocycles. The Bertz CT molecular complexity index is 538. The number of nitrogens with zero attached hydrogens (tertiary/aromatic N) is 3. The third kappa shape index (κ3) is 1.83. The predicted molar refractivity (Wildman–Crippen MR) is 50.1 cm³/mol. The van der Waals surface area contributed by atoms with Gasteiger partial charge in [-0.1, -0.05) is 5.16 Å². The van der Waals surface area contributed by atoms with Gasteiger partial charge in [-0.25, -0.2) is 14.8 Å². The Labute approximate surface area is 89.4 Å². The molecule has 2 aromatic heterocycles. The number of carbonyl (C=O) groups is 1. The highest BCUT2D eigenvalue weighted by molar-refractivity contribution is 5.98. The molecular weight excluding hydrogens is 217 g/mol. The van der Waals surface area contributed by atoms with E-state index in [0.29, 0.717) is 0 Å². The smallest absolute Gasteiger partial charge is 0.363 e. The highest BCUT2D eigenvalue weighted by Gasteiger charge is 2.21. The van der Waals surface area contributed by atoms with Gasteiger partial charge in [0, 0.05) is 0 Å². The molecule has 2 heterocycles. The van der Waals surface area contributed by atoms with Crippen molar-refractivity contribution in [3.8, 4) is 0 Å². The molecule has 84 valence electrons. The van der Waals surface area contributed by atoms with Gasteiger partial charge in [0.25, 0.3) is 5.71 Å². The Morgan fingerprint density at radius 3 is 3.00 bits per heavy atom. The molecule has 2 rings (SSSR count). The van der Waals surface area contributed by atoms with Crippen LogP contribution in [0.15, 0.2) is 10.7 Å². The van der Waals surface area contributed by atoms with Crippen molar-refractivity contribution in [2.24, 2.45) is 0 Å². The Morgan fingerprint density at radius 2 is 2.31 bits per heavy atom. The first-order chi connectivity index (χ1) is 7.58. The van der Waals surface area contributed by atoms with Gasteiger partial charge in [0.05, 0.1) is 12.3 Å². The molecule has 0 aliphatic carbocycles. The van der Waals surface area contributed by atoms with Gasteiger partial charge in [0.1, 0.15) is 0 Å². The lowest BCUT2D eigenvalue weighted by Crippen LogP contribution is -2.12. The molecule has 0 aliphatic rings. The maximum absolute atomic E-state index is 12.8.